The fourth-order valence-electron chi connectivity index (χ4n) is 9.39. The molecule has 19 heteroatoms. The van der Waals surface area contributed by atoms with Gasteiger partial charge in [0, 0.05) is 66.9 Å². The van der Waals surface area contributed by atoms with Crippen LogP contribution in [0.2, 0.25) is 0 Å². The number of ether oxygens (including phenoxy) is 2. The third kappa shape index (κ3) is 10.7. The van der Waals surface area contributed by atoms with Crippen LogP contribution in [-0.2, 0) is 19.1 Å². The number of nitrogens with zero attached hydrogens (tertiary/aromatic N) is 2. The number of rotatable bonds is 13. The number of anilines is 3. The van der Waals surface area contributed by atoms with Crippen molar-refractivity contribution < 1.29 is 44.3 Å². The summed E-state index contributed by atoms with van der Waals surface area (Å²) in [5.74, 6) is -0.795. The molecule has 0 aliphatic carbocycles. The predicted octanol–water partition coefficient (Wildman–Crippen LogP) is 6.36. The van der Waals surface area contributed by atoms with E-state index in [1.165, 1.54) is 0 Å². The Morgan fingerprint density at radius 1 is 0.526 bits per heavy atom. The van der Waals surface area contributed by atoms with Crippen molar-refractivity contribution in [2.45, 2.75) is 69.6 Å². The summed E-state index contributed by atoms with van der Waals surface area (Å²) < 4.78 is 12.2. The average Bonchev–Trinajstić information content (AvgIpc) is 4.44. The minimum absolute atomic E-state index is 0.220. The van der Waals surface area contributed by atoms with Gasteiger partial charge in [-0.2, -0.15) is 0 Å². The van der Waals surface area contributed by atoms with E-state index < -0.39 is 55.4 Å². The van der Waals surface area contributed by atoms with Crippen molar-refractivity contribution in [1.82, 2.24) is 19.9 Å². The number of carbonyl (C=O) groups is 3. The molecule has 0 radical (unpaired) electrons. The Kier molecular flexibility index (Phi) is 15.0. The number of carbonyl (C=O) groups excluding carboxylic acids is 3. The van der Waals surface area contributed by atoms with Gasteiger partial charge >= 0.3 is 0 Å². The van der Waals surface area contributed by atoms with Crippen LogP contribution >= 0.6 is 0 Å². The summed E-state index contributed by atoms with van der Waals surface area (Å²) in [7, 11) is 0. The number of para-hydroxylation sites is 1. The molecule has 0 saturated carbocycles. The van der Waals surface area contributed by atoms with Crippen molar-refractivity contribution in [3.8, 4) is 50.3 Å². The summed E-state index contributed by atoms with van der Waals surface area (Å²) in [5, 5.41) is 51.1. The van der Waals surface area contributed by atoms with E-state index in [1.807, 2.05) is 97.1 Å². The van der Waals surface area contributed by atoms with E-state index in [4.69, 9.17) is 36.6 Å². The summed E-state index contributed by atoms with van der Waals surface area (Å²) in [6, 6.07) is 34.7. The summed E-state index contributed by atoms with van der Waals surface area (Å²) >= 11 is 0. The van der Waals surface area contributed by atoms with E-state index in [2.05, 4.69) is 25.9 Å². The molecule has 8 bridgehead atoms. The third-order valence-electron chi connectivity index (χ3n) is 13.6. The average molecular weight is 1050 g/mol. The molecule has 78 heavy (non-hydrogen) atoms. The van der Waals surface area contributed by atoms with Crippen molar-refractivity contribution in [2.24, 2.45) is 17.2 Å². The standard InChI is InChI=1S/C59H58N10O9/c1-29(60)56(74)63-35-14-8-32(9-15-35)49-39-20-22-41(66-39)50(33-10-16-36(17-11-33)64-57(75)30(2)61)43-24-26-45(68-43)52(38-6-4-5-7-47(38)77-59-55(73)54(72)53(71)48(28-70)78-59)46-27-25-44(69-46)51(42-23-21-40(49)67-42)34-12-18-37(19-13-34)65-58(76)31(3)62/h4-27,29-31,48,53-55,59,66,69-73H,28,60-62H2,1-3H3,(H,63,74)(H,64,75)(H,65,76)/t29-,30-,31-,48+,53+,54-,55+,59+/m0/s1. The molecule has 6 heterocycles. The zero-order valence-electron chi connectivity index (χ0n) is 42.6. The van der Waals surface area contributed by atoms with Crippen LogP contribution in [0.4, 0.5) is 17.1 Å². The lowest BCUT2D eigenvalue weighted by molar-refractivity contribution is -0.277. The highest BCUT2D eigenvalue weighted by atomic mass is 16.7. The summed E-state index contributed by atoms with van der Waals surface area (Å²) in [4.78, 5) is 56.0. The molecule has 3 aliphatic heterocycles. The van der Waals surface area contributed by atoms with Crippen LogP contribution in [0, 0.1) is 0 Å². The largest absolute Gasteiger partial charge is 0.461 e. The van der Waals surface area contributed by atoms with E-state index in [-0.39, 0.29) is 23.5 Å². The number of aliphatic hydroxyl groups excluding tert-OH is 4. The van der Waals surface area contributed by atoms with Crippen LogP contribution in [0.1, 0.15) is 43.5 Å². The maximum atomic E-state index is 12.6. The first-order valence-electron chi connectivity index (χ1n) is 25.3. The topological polar surface area (TPSA) is 322 Å². The number of aromatic amines is 2. The second-order valence-electron chi connectivity index (χ2n) is 19.4. The number of hydrogen-bond acceptors (Lipinski definition) is 14. The molecule has 0 unspecified atom stereocenters. The fraction of sp³-hybridized carbons (Fsp3) is 0.203. The molecule has 4 aromatic carbocycles. The number of fused-ring (bicyclic) bond motifs is 8. The lowest BCUT2D eigenvalue weighted by Gasteiger charge is -2.39. The second kappa shape index (κ2) is 22.1. The molecule has 1 fully saturated rings. The van der Waals surface area contributed by atoms with Gasteiger partial charge in [0.25, 0.3) is 0 Å². The van der Waals surface area contributed by atoms with Gasteiger partial charge in [-0.25, -0.2) is 9.97 Å². The van der Waals surface area contributed by atoms with Gasteiger partial charge in [-0.15, -0.1) is 0 Å². The van der Waals surface area contributed by atoms with Crippen LogP contribution in [0.25, 0.3) is 90.9 Å². The summed E-state index contributed by atoms with van der Waals surface area (Å²) in [6.07, 6.45) is -0.0631. The van der Waals surface area contributed by atoms with Crippen LogP contribution < -0.4 is 37.9 Å². The van der Waals surface area contributed by atoms with E-state index in [0.717, 1.165) is 22.3 Å². The van der Waals surface area contributed by atoms with Gasteiger partial charge in [-0.1, -0.05) is 54.6 Å². The molecule has 15 N–H and O–H groups in total. The SMILES string of the molecule is C[C@H](N)C(=O)Nc1ccc(-c2c3nc(c(-c4ccc(NC(=O)[C@H](C)N)cc4)c4ccc([nH]4)c(-c4ccccc4O[C@@H]4O[C@H](CO)[C@@H](O)[C@H](O)[C@H]4O)c4nc(c(-c5ccc(NC(=O)[C@H](C)N)cc5)c5ccc2[nH]5)C=C4)C=C3)cc1. The Hall–Kier alpha value is -8.63. The van der Waals surface area contributed by atoms with E-state index in [9.17, 15) is 34.8 Å². The minimum Gasteiger partial charge on any atom is -0.461 e. The molecule has 398 valence electrons. The zero-order chi connectivity index (χ0) is 54.9. The van der Waals surface area contributed by atoms with Crippen molar-refractivity contribution in [3.05, 3.63) is 144 Å². The quantitative estimate of drug-likeness (QED) is 0.0598. The first-order chi connectivity index (χ1) is 37.5. The molecule has 0 spiro atoms. The lowest BCUT2D eigenvalue weighted by Crippen LogP contribution is -2.60. The molecule has 8 atom stereocenters. The fourth-order valence-corrected chi connectivity index (χ4v) is 9.39. The zero-order valence-corrected chi connectivity index (χ0v) is 42.6. The van der Waals surface area contributed by atoms with Gasteiger partial charge in [-0.05, 0) is 128 Å². The molecule has 7 aromatic rings. The molecular weight excluding hydrogens is 993 g/mol. The van der Waals surface area contributed by atoms with Crippen LogP contribution in [-0.4, -0.2) is 114 Å². The van der Waals surface area contributed by atoms with Crippen molar-refractivity contribution in [1.29, 1.82) is 0 Å². The Balaban J connectivity index is 1.26. The summed E-state index contributed by atoms with van der Waals surface area (Å²) in [5.41, 5.74) is 29.6. The smallest absolute Gasteiger partial charge is 0.240 e. The maximum Gasteiger partial charge on any atom is 0.240 e. The van der Waals surface area contributed by atoms with Gasteiger partial charge in [0.1, 0.15) is 30.2 Å². The molecule has 3 amide bonds. The predicted molar refractivity (Wildman–Crippen MR) is 302 cm³/mol. The highest BCUT2D eigenvalue weighted by molar-refractivity contribution is 6.02. The van der Waals surface area contributed by atoms with Gasteiger partial charge in [0.15, 0.2) is 0 Å². The van der Waals surface area contributed by atoms with E-state index in [1.54, 1.807) is 69.3 Å². The first kappa shape index (κ1) is 52.8. The molecule has 10 rings (SSSR count). The number of amides is 3. The Labute approximate surface area is 447 Å². The number of H-pyrrole nitrogens is 2. The van der Waals surface area contributed by atoms with Gasteiger partial charge in [0.2, 0.25) is 24.0 Å². The Morgan fingerprint density at radius 3 is 1.26 bits per heavy atom. The number of aromatic nitrogens is 4. The number of nitrogens with two attached hydrogens (primary N) is 3. The van der Waals surface area contributed by atoms with Gasteiger partial charge in [0.05, 0.1) is 47.5 Å². The number of hydrogen-bond donors (Lipinski definition) is 12. The third-order valence-corrected chi connectivity index (χ3v) is 13.6. The van der Waals surface area contributed by atoms with Gasteiger partial charge < -0.3 is 73.0 Å². The molecular formula is C59H58N10O9. The van der Waals surface area contributed by atoms with Gasteiger partial charge in [-0.3, -0.25) is 14.4 Å². The highest BCUT2D eigenvalue weighted by Crippen LogP contribution is 2.42. The van der Waals surface area contributed by atoms with E-state index in [0.29, 0.717) is 84.2 Å². The monoisotopic (exact) mass is 1050 g/mol. The lowest BCUT2D eigenvalue weighted by atomic mass is 9.99. The number of aliphatic hydroxyl groups is 4. The normalized spacial score (nSPS) is 18.9. The number of nitrogens with one attached hydrogen (secondary N) is 5. The summed E-state index contributed by atoms with van der Waals surface area (Å²) in [6.45, 7) is 4.18. The van der Waals surface area contributed by atoms with Crippen LogP contribution in [0.5, 0.6) is 5.75 Å². The van der Waals surface area contributed by atoms with Crippen molar-refractivity contribution in [2.75, 3.05) is 22.6 Å². The first-order valence-corrected chi connectivity index (χ1v) is 25.3. The van der Waals surface area contributed by atoms with Crippen molar-refractivity contribution in [3.63, 3.8) is 0 Å². The minimum atomic E-state index is -1.69. The highest BCUT2D eigenvalue weighted by Gasteiger charge is 2.45. The molecule has 3 aliphatic rings. The molecule has 19 nitrogen and oxygen atoms in total. The molecule has 1 saturated heterocycles. The number of benzene rings is 4. The Morgan fingerprint density at radius 2 is 0.885 bits per heavy atom. The molecule has 3 aromatic heterocycles. The van der Waals surface area contributed by atoms with Crippen LogP contribution in [0.15, 0.2) is 121 Å². The van der Waals surface area contributed by atoms with Crippen LogP contribution in [0.3, 0.4) is 0 Å². The van der Waals surface area contributed by atoms with Crippen molar-refractivity contribution >= 4 is 81.2 Å². The maximum absolute atomic E-state index is 12.6. The Bertz CT molecular complexity index is 3600. The second-order valence-corrected chi connectivity index (χ2v) is 19.4. The van der Waals surface area contributed by atoms with E-state index >= 15 is 0 Å².